The Kier molecular flexibility index (Phi) is 5.46. The molecule has 2 rings (SSSR count). The van der Waals surface area contributed by atoms with E-state index in [1.54, 1.807) is 18.0 Å². The largest absolute Gasteiger partial charge is 0.312 e. The van der Waals surface area contributed by atoms with Crippen molar-refractivity contribution in [2.45, 2.75) is 30.2 Å². The van der Waals surface area contributed by atoms with E-state index in [-0.39, 0.29) is 6.04 Å². The zero-order valence-electron chi connectivity index (χ0n) is 11.9. The maximum atomic E-state index is 5.86. The minimum atomic E-state index is 0.290. The molecular weight excluding hydrogens is 288 g/mol. The number of aryl methyl sites for hydroxylation is 1. The third-order valence-corrected chi connectivity index (χ3v) is 4.57. The number of thioether (sulfide) groups is 1. The molecule has 0 aliphatic heterocycles. The number of hydrogen-bond acceptors (Lipinski definition) is 3. The van der Waals surface area contributed by atoms with Gasteiger partial charge in [-0.2, -0.15) is 0 Å². The fourth-order valence-corrected chi connectivity index (χ4v) is 3.32. The van der Waals surface area contributed by atoms with Crippen LogP contribution in [0.1, 0.15) is 24.1 Å². The number of benzene rings is 1. The van der Waals surface area contributed by atoms with Gasteiger partial charge < -0.3 is 5.32 Å². The summed E-state index contributed by atoms with van der Waals surface area (Å²) in [5.74, 6) is 0. The van der Waals surface area contributed by atoms with Gasteiger partial charge in [-0.25, -0.2) is 4.98 Å². The maximum Gasteiger partial charge on any atom is 0.0964 e. The van der Waals surface area contributed by atoms with Gasteiger partial charge in [0.1, 0.15) is 0 Å². The molecule has 0 radical (unpaired) electrons. The van der Waals surface area contributed by atoms with Crippen LogP contribution in [-0.4, -0.2) is 17.3 Å². The van der Waals surface area contributed by atoms with E-state index in [2.05, 4.69) is 48.4 Å². The van der Waals surface area contributed by atoms with Crippen LogP contribution in [0.2, 0.25) is 5.02 Å². The third kappa shape index (κ3) is 3.98. The van der Waals surface area contributed by atoms with Crippen LogP contribution in [0.4, 0.5) is 0 Å². The molecule has 20 heavy (non-hydrogen) atoms. The van der Waals surface area contributed by atoms with Crippen molar-refractivity contribution in [2.75, 3.05) is 7.05 Å². The predicted octanol–water partition coefficient (Wildman–Crippen LogP) is 4.48. The fraction of sp³-hybridized carbons (Fsp3) is 0.312. The molecule has 1 heterocycles. The average molecular weight is 307 g/mol. The number of nitrogens with zero attached hydrogens (tertiary/aromatic N) is 1. The molecule has 0 saturated heterocycles. The second kappa shape index (κ2) is 7.11. The van der Waals surface area contributed by atoms with Crippen molar-refractivity contribution < 1.29 is 0 Å². The highest BCUT2D eigenvalue weighted by atomic mass is 35.5. The van der Waals surface area contributed by atoms with E-state index in [0.717, 1.165) is 5.03 Å². The highest BCUT2D eigenvalue weighted by Crippen LogP contribution is 2.31. The molecule has 4 heteroatoms. The van der Waals surface area contributed by atoms with Crippen molar-refractivity contribution in [2.24, 2.45) is 0 Å². The minimum Gasteiger partial charge on any atom is -0.312 e. The van der Waals surface area contributed by atoms with Crippen molar-refractivity contribution in [3.8, 4) is 0 Å². The minimum absolute atomic E-state index is 0.290. The molecule has 2 nitrogen and oxygen atoms in total. The molecule has 1 aromatic carbocycles. The molecule has 2 unspecified atom stereocenters. The van der Waals surface area contributed by atoms with Gasteiger partial charge in [-0.1, -0.05) is 48.4 Å². The van der Waals surface area contributed by atoms with Gasteiger partial charge in [-0.15, -0.1) is 11.8 Å². The summed E-state index contributed by atoms with van der Waals surface area (Å²) in [5, 5.41) is 5.43. The summed E-state index contributed by atoms with van der Waals surface area (Å²) in [6.07, 6.45) is 1.69. The number of hydrogen-bond donors (Lipinski definition) is 1. The summed E-state index contributed by atoms with van der Waals surface area (Å²) in [7, 11) is 2.00. The number of rotatable bonds is 5. The lowest BCUT2D eigenvalue weighted by molar-refractivity contribution is 0.589. The van der Waals surface area contributed by atoms with Crippen LogP contribution in [0, 0.1) is 6.92 Å². The van der Waals surface area contributed by atoms with E-state index in [1.807, 2.05) is 19.2 Å². The summed E-state index contributed by atoms with van der Waals surface area (Å²) >= 11 is 7.62. The van der Waals surface area contributed by atoms with Gasteiger partial charge in [0.15, 0.2) is 0 Å². The predicted molar refractivity (Wildman–Crippen MR) is 87.5 cm³/mol. The first kappa shape index (κ1) is 15.4. The SMILES string of the molecule is CNC(c1ccc(C)cc1)C(C)Sc1ccc(Cl)cn1. The van der Waals surface area contributed by atoms with Gasteiger partial charge in [-0.05, 0) is 31.7 Å². The number of aromatic nitrogens is 1. The molecule has 0 spiro atoms. The molecule has 106 valence electrons. The summed E-state index contributed by atoms with van der Waals surface area (Å²) in [6.45, 7) is 4.32. The van der Waals surface area contributed by atoms with Crippen molar-refractivity contribution in [1.29, 1.82) is 0 Å². The Balaban J connectivity index is 2.10. The van der Waals surface area contributed by atoms with E-state index in [4.69, 9.17) is 11.6 Å². The molecule has 0 fully saturated rings. The molecule has 0 saturated carbocycles. The van der Waals surface area contributed by atoms with Gasteiger partial charge in [-0.3, -0.25) is 0 Å². The van der Waals surface area contributed by atoms with E-state index in [0.29, 0.717) is 10.3 Å². The normalized spacial score (nSPS) is 14.0. The van der Waals surface area contributed by atoms with Gasteiger partial charge in [0.25, 0.3) is 0 Å². The van der Waals surface area contributed by atoms with Crippen LogP contribution < -0.4 is 5.32 Å². The van der Waals surface area contributed by atoms with Gasteiger partial charge >= 0.3 is 0 Å². The first-order valence-electron chi connectivity index (χ1n) is 6.62. The van der Waals surface area contributed by atoms with E-state index in [9.17, 15) is 0 Å². The van der Waals surface area contributed by atoms with E-state index in [1.165, 1.54) is 11.1 Å². The summed E-state index contributed by atoms with van der Waals surface area (Å²) < 4.78 is 0. The lowest BCUT2D eigenvalue weighted by atomic mass is 10.0. The van der Waals surface area contributed by atoms with E-state index < -0.39 is 0 Å². The van der Waals surface area contributed by atoms with Crippen LogP contribution in [-0.2, 0) is 0 Å². The lowest BCUT2D eigenvalue weighted by Gasteiger charge is -2.23. The van der Waals surface area contributed by atoms with Crippen LogP contribution >= 0.6 is 23.4 Å². The Hall–Kier alpha value is -1.03. The third-order valence-electron chi connectivity index (χ3n) is 3.22. The van der Waals surface area contributed by atoms with Gasteiger partial charge in [0.2, 0.25) is 0 Å². The molecular formula is C16H19ClN2S. The lowest BCUT2D eigenvalue weighted by Crippen LogP contribution is -2.25. The Morgan fingerprint density at radius 2 is 1.85 bits per heavy atom. The van der Waals surface area contributed by atoms with Gasteiger partial charge in [0, 0.05) is 17.5 Å². The number of halogens is 1. The summed E-state index contributed by atoms with van der Waals surface area (Å²) in [6, 6.07) is 12.8. The van der Waals surface area contributed by atoms with Crippen LogP contribution in [0.15, 0.2) is 47.6 Å². The molecule has 2 aromatic rings. The van der Waals surface area contributed by atoms with Crippen molar-refractivity contribution in [1.82, 2.24) is 10.3 Å². The molecule has 0 amide bonds. The fourth-order valence-electron chi connectivity index (χ4n) is 2.14. The molecule has 1 aromatic heterocycles. The van der Waals surface area contributed by atoms with Crippen molar-refractivity contribution in [3.05, 3.63) is 58.7 Å². The Morgan fingerprint density at radius 3 is 2.40 bits per heavy atom. The summed E-state index contributed by atoms with van der Waals surface area (Å²) in [5.41, 5.74) is 2.58. The molecule has 0 aliphatic carbocycles. The Morgan fingerprint density at radius 1 is 1.15 bits per heavy atom. The highest BCUT2D eigenvalue weighted by Gasteiger charge is 2.19. The number of pyridine rings is 1. The monoisotopic (exact) mass is 306 g/mol. The van der Waals surface area contributed by atoms with Crippen LogP contribution in [0.5, 0.6) is 0 Å². The van der Waals surface area contributed by atoms with Crippen LogP contribution in [0.25, 0.3) is 0 Å². The zero-order valence-corrected chi connectivity index (χ0v) is 13.5. The molecule has 1 N–H and O–H groups in total. The maximum absolute atomic E-state index is 5.86. The second-order valence-corrected chi connectivity index (χ2v) is 6.65. The van der Waals surface area contributed by atoms with Gasteiger partial charge in [0.05, 0.1) is 10.0 Å². The first-order chi connectivity index (χ1) is 9.60. The Bertz CT molecular complexity index is 539. The molecule has 0 aliphatic rings. The average Bonchev–Trinajstić information content (AvgIpc) is 2.44. The standard InChI is InChI=1S/C16H19ClN2S/c1-11-4-6-13(7-5-11)16(18-3)12(2)20-15-9-8-14(17)10-19-15/h4-10,12,16,18H,1-3H3. The zero-order chi connectivity index (χ0) is 14.5. The summed E-state index contributed by atoms with van der Waals surface area (Å²) in [4.78, 5) is 4.35. The smallest absolute Gasteiger partial charge is 0.0964 e. The quantitative estimate of drug-likeness (QED) is 0.824. The molecule has 0 bridgehead atoms. The van der Waals surface area contributed by atoms with Crippen LogP contribution in [0.3, 0.4) is 0 Å². The van der Waals surface area contributed by atoms with Crippen molar-refractivity contribution >= 4 is 23.4 Å². The topological polar surface area (TPSA) is 24.9 Å². The highest BCUT2D eigenvalue weighted by molar-refractivity contribution is 7.99. The number of nitrogens with one attached hydrogen (secondary N) is 1. The second-order valence-electron chi connectivity index (χ2n) is 4.81. The molecule has 2 atom stereocenters. The van der Waals surface area contributed by atoms with Crippen molar-refractivity contribution in [3.63, 3.8) is 0 Å². The first-order valence-corrected chi connectivity index (χ1v) is 7.88. The van der Waals surface area contributed by atoms with E-state index >= 15 is 0 Å². The Labute approximate surface area is 130 Å².